The molecule has 3 heteroatoms. The lowest BCUT2D eigenvalue weighted by atomic mass is 10.3. The maximum Gasteiger partial charge on any atom is 0.136 e. The van der Waals surface area contributed by atoms with Gasteiger partial charge in [0, 0.05) is 17.3 Å². The molecule has 2 rings (SSSR count). The molecule has 1 aromatic rings. The Labute approximate surface area is 91.4 Å². The van der Waals surface area contributed by atoms with Crippen molar-refractivity contribution in [2.75, 3.05) is 0 Å². The Hall–Kier alpha value is -0.830. The molecule has 1 aliphatic rings. The van der Waals surface area contributed by atoms with Gasteiger partial charge in [0.15, 0.2) is 0 Å². The van der Waals surface area contributed by atoms with Crippen LogP contribution in [0.25, 0.3) is 0 Å². The highest BCUT2D eigenvalue weighted by atomic mass is 79.9. The van der Waals surface area contributed by atoms with E-state index in [9.17, 15) is 4.79 Å². The minimum atomic E-state index is 0.0867. The Morgan fingerprint density at radius 3 is 2.57 bits per heavy atom. The molecule has 14 heavy (non-hydrogen) atoms. The highest BCUT2D eigenvalue weighted by Gasteiger charge is 2.23. The van der Waals surface area contributed by atoms with E-state index >= 15 is 0 Å². The van der Waals surface area contributed by atoms with E-state index < -0.39 is 0 Å². The molecular weight excluding hydrogens is 244 g/mol. The number of ketones is 1. The van der Waals surface area contributed by atoms with Crippen LogP contribution in [0, 0.1) is 0 Å². The summed E-state index contributed by atoms with van der Waals surface area (Å²) in [6.07, 6.45) is 2.18. The van der Waals surface area contributed by atoms with Crippen LogP contribution in [0.4, 0.5) is 0 Å². The van der Waals surface area contributed by atoms with E-state index in [4.69, 9.17) is 4.74 Å². The smallest absolute Gasteiger partial charge is 0.136 e. The predicted molar refractivity (Wildman–Crippen MR) is 57.4 cm³/mol. The summed E-state index contributed by atoms with van der Waals surface area (Å²) < 4.78 is 6.69. The summed E-state index contributed by atoms with van der Waals surface area (Å²) in [7, 11) is 0. The molecule has 1 fully saturated rings. The van der Waals surface area contributed by atoms with E-state index in [0.29, 0.717) is 18.6 Å². The van der Waals surface area contributed by atoms with Gasteiger partial charge in [-0.3, -0.25) is 4.79 Å². The molecule has 1 unspecified atom stereocenters. The van der Waals surface area contributed by atoms with Crippen LogP contribution in [0.1, 0.15) is 19.3 Å². The van der Waals surface area contributed by atoms with Crippen LogP contribution in [0.15, 0.2) is 28.7 Å². The van der Waals surface area contributed by atoms with E-state index in [1.807, 2.05) is 24.3 Å². The van der Waals surface area contributed by atoms with Crippen LogP contribution >= 0.6 is 15.9 Å². The van der Waals surface area contributed by atoms with E-state index in [1.165, 1.54) is 0 Å². The van der Waals surface area contributed by atoms with Gasteiger partial charge in [-0.2, -0.15) is 0 Å². The van der Waals surface area contributed by atoms with E-state index in [1.54, 1.807) is 0 Å². The Bertz CT molecular complexity index is 332. The third kappa shape index (κ3) is 2.35. The predicted octanol–water partition coefficient (Wildman–Crippen LogP) is 2.95. The topological polar surface area (TPSA) is 26.3 Å². The van der Waals surface area contributed by atoms with Gasteiger partial charge < -0.3 is 4.74 Å². The molecule has 0 aromatic heterocycles. The Morgan fingerprint density at radius 1 is 1.29 bits per heavy atom. The summed E-state index contributed by atoms with van der Waals surface area (Å²) >= 11 is 3.36. The fourth-order valence-corrected chi connectivity index (χ4v) is 1.85. The second-order valence-corrected chi connectivity index (χ2v) is 4.39. The number of carbonyl (C=O) groups is 1. The van der Waals surface area contributed by atoms with Gasteiger partial charge >= 0.3 is 0 Å². The molecule has 1 saturated carbocycles. The SMILES string of the molecule is O=C1CCC(Oc2ccc(Br)cc2)C1. The molecular formula is C11H11BrO2. The van der Waals surface area contributed by atoms with Crippen molar-refractivity contribution in [1.82, 2.24) is 0 Å². The quantitative estimate of drug-likeness (QED) is 0.812. The summed E-state index contributed by atoms with van der Waals surface area (Å²) in [5, 5.41) is 0. The maximum atomic E-state index is 11.0. The number of hydrogen-bond donors (Lipinski definition) is 0. The molecule has 0 spiro atoms. The molecule has 1 aliphatic carbocycles. The van der Waals surface area contributed by atoms with Gasteiger partial charge in [0.05, 0.1) is 0 Å². The van der Waals surface area contributed by atoms with Crippen molar-refractivity contribution in [3.8, 4) is 5.75 Å². The molecule has 0 N–H and O–H groups in total. The third-order valence-corrected chi connectivity index (χ3v) is 2.85. The lowest BCUT2D eigenvalue weighted by Crippen LogP contribution is -2.11. The summed E-state index contributed by atoms with van der Waals surface area (Å²) in [4.78, 5) is 11.0. The van der Waals surface area contributed by atoms with Crippen molar-refractivity contribution in [2.45, 2.75) is 25.4 Å². The van der Waals surface area contributed by atoms with Gasteiger partial charge in [-0.05, 0) is 30.7 Å². The average Bonchev–Trinajstić information content (AvgIpc) is 2.56. The lowest BCUT2D eigenvalue weighted by Gasteiger charge is -2.11. The van der Waals surface area contributed by atoms with Crippen molar-refractivity contribution in [3.63, 3.8) is 0 Å². The number of hydrogen-bond acceptors (Lipinski definition) is 2. The molecule has 0 heterocycles. The first-order valence-corrected chi connectivity index (χ1v) is 5.47. The maximum absolute atomic E-state index is 11.0. The van der Waals surface area contributed by atoms with Crippen molar-refractivity contribution >= 4 is 21.7 Å². The summed E-state index contributed by atoms with van der Waals surface area (Å²) in [5.41, 5.74) is 0. The fraction of sp³-hybridized carbons (Fsp3) is 0.364. The van der Waals surface area contributed by atoms with Crippen molar-refractivity contribution in [1.29, 1.82) is 0 Å². The number of rotatable bonds is 2. The van der Waals surface area contributed by atoms with Crippen molar-refractivity contribution < 1.29 is 9.53 Å². The molecule has 74 valence electrons. The van der Waals surface area contributed by atoms with Gasteiger partial charge in [-0.1, -0.05) is 15.9 Å². The van der Waals surface area contributed by atoms with Crippen molar-refractivity contribution in [3.05, 3.63) is 28.7 Å². The number of halogens is 1. The zero-order valence-electron chi connectivity index (χ0n) is 7.70. The molecule has 2 nitrogen and oxygen atoms in total. The van der Waals surface area contributed by atoms with Crippen LogP contribution < -0.4 is 4.74 Å². The Morgan fingerprint density at radius 2 is 2.00 bits per heavy atom. The molecule has 1 atom stereocenters. The van der Waals surface area contributed by atoms with E-state index in [0.717, 1.165) is 16.6 Å². The summed E-state index contributed by atoms with van der Waals surface area (Å²) in [6, 6.07) is 7.69. The first-order valence-electron chi connectivity index (χ1n) is 4.68. The highest BCUT2D eigenvalue weighted by Crippen LogP contribution is 2.23. The minimum absolute atomic E-state index is 0.0867. The molecule has 0 bridgehead atoms. The van der Waals surface area contributed by atoms with Crippen LogP contribution in [0.5, 0.6) is 5.75 Å². The van der Waals surface area contributed by atoms with Crippen LogP contribution in [-0.2, 0) is 4.79 Å². The average molecular weight is 255 g/mol. The molecule has 0 radical (unpaired) electrons. The number of ether oxygens (including phenoxy) is 1. The van der Waals surface area contributed by atoms with Crippen LogP contribution in [0.2, 0.25) is 0 Å². The lowest BCUT2D eigenvalue weighted by molar-refractivity contribution is -0.117. The fourth-order valence-electron chi connectivity index (χ4n) is 1.59. The second kappa shape index (κ2) is 4.13. The van der Waals surface area contributed by atoms with Gasteiger partial charge in [-0.25, -0.2) is 0 Å². The van der Waals surface area contributed by atoms with Crippen molar-refractivity contribution in [2.24, 2.45) is 0 Å². The zero-order chi connectivity index (χ0) is 9.97. The van der Waals surface area contributed by atoms with Gasteiger partial charge in [0.2, 0.25) is 0 Å². The minimum Gasteiger partial charge on any atom is -0.490 e. The molecule has 0 saturated heterocycles. The highest BCUT2D eigenvalue weighted by molar-refractivity contribution is 9.10. The van der Waals surface area contributed by atoms with Gasteiger partial charge in [0.25, 0.3) is 0 Å². The van der Waals surface area contributed by atoms with E-state index in [2.05, 4.69) is 15.9 Å². The number of benzene rings is 1. The van der Waals surface area contributed by atoms with Gasteiger partial charge in [-0.15, -0.1) is 0 Å². The Kier molecular flexibility index (Phi) is 2.87. The number of Topliss-reactive ketones (excluding diaryl/α,β-unsaturated/α-hetero) is 1. The van der Waals surface area contributed by atoms with Gasteiger partial charge in [0.1, 0.15) is 17.6 Å². The van der Waals surface area contributed by atoms with E-state index in [-0.39, 0.29) is 6.10 Å². The standard InChI is InChI=1S/C11H11BrO2/c12-8-1-4-10(5-2-8)14-11-6-3-9(13)7-11/h1-2,4-5,11H,3,6-7H2. The second-order valence-electron chi connectivity index (χ2n) is 3.48. The first-order chi connectivity index (χ1) is 6.74. The third-order valence-electron chi connectivity index (χ3n) is 2.32. The summed E-state index contributed by atoms with van der Waals surface area (Å²) in [5.74, 6) is 1.15. The zero-order valence-corrected chi connectivity index (χ0v) is 9.29. The first kappa shape index (κ1) is 9.71. The Balaban J connectivity index is 1.97. The van der Waals surface area contributed by atoms with Crippen LogP contribution in [-0.4, -0.2) is 11.9 Å². The molecule has 0 aliphatic heterocycles. The summed E-state index contributed by atoms with van der Waals surface area (Å²) in [6.45, 7) is 0. The molecule has 1 aromatic carbocycles. The normalized spacial score (nSPS) is 21.2. The molecule has 0 amide bonds. The largest absolute Gasteiger partial charge is 0.490 e. The number of carbonyl (C=O) groups excluding carboxylic acids is 1. The monoisotopic (exact) mass is 254 g/mol. The van der Waals surface area contributed by atoms with Crippen LogP contribution in [0.3, 0.4) is 0 Å².